The molecule has 4 aromatic rings. The summed E-state index contributed by atoms with van der Waals surface area (Å²) in [6.45, 7) is 1.34. The number of aromatic nitrogens is 1. The van der Waals surface area contributed by atoms with Gasteiger partial charge in [-0.1, -0.05) is 23.7 Å². The number of nitrogens with zero attached hydrogens (tertiary/aromatic N) is 1. The van der Waals surface area contributed by atoms with Gasteiger partial charge in [0.1, 0.15) is 0 Å². The number of hydrogen-bond acceptors (Lipinski definition) is 3. The molecule has 36 heavy (non-hydrogen) atoms. The lowest BCUT2D eigenvalue weighted by molar-refractivity contribution is -0.143. The molecule has 1 heterocycles. The quantitative estimate of drug-likeness (QED) is 0.281. The van der Waals surface area contributed by atoms with Crippen LogP contribution in [0.5, 0.6) is 0 Å². The Labute approximate surface area is 204 Å². The average Bonchev–Trinajstić information content (AvgIpc) is 3.10. The number of hydrogen-bond donors (Lipinski definition) is 1. The number of rotatable bonds is 4. The van der Waals surface area contributed by atoms with Crippen LogP contribution in [-0.2, 0) is 27.2 Å². The number of carboxylic acids is 1. The second-order valence-corrected chi connectivity index (χ2v) is 10.2. The Morgan fingerprint density at radius 2 is 1.44 bits per heavy atom. The van der Waals surface area contributed by atoms with Gasteiger partial charge in [-0.25, -0.2) is 12.4 Å². The maximum absolute atomic E-state index is 13.7. The van der Waals surface area contributed by atoms with Crippen LogP contribution in [0, 0.1) is 0 Å². The number of fused-ring (bicyclic) bond motifs is 3. The number of aliphatic carboxylic acids is 1. The van der Waals surface area contributed by atoms with E-state index >= 15 is 0 Å². The molecule has 1 aromatic heterocycles. The van der Waals surface area contributed by atoms with Gasteiger partial charge in [0.2, 0.25) is 0 Å². The fourth-order valence-corrected chi connectivity index (χ4v) is 5.59. The molecule has 0 saturated carbocycles. The summed E-state index contributed by atoms with van der Waals surface area (Å²) >= 11 is 6.04. The van der Waals surface area contributed by atoms with E-state index in [1.54, 1.807) is 0 Å². The van der Waals surface area contributed by atoms with Gasteiger partial charge in [0, 0.05) is 15.8 Å². The minimum absolute atomic E-state index is 0.0690. The van der Waals surface area contributed by atoms with Gasteiger partial charge in [0.15, 0.2) is 0 Å². The molecule has 0 saturated heterocycles. The fraction of sp³-hybridized carbons (Fsp3) is 0.174. The van der Waals surface area contributed by atoms with Crippen molar-refractivity contribution in [3.8, 4) is 0 Å². The summed E-state index contributed by atoms with van der Waals surface area (Å²) < 4.78 is 108. The highest BCUT2D eigenvalue weighted by Crippen LogP contribution is 2.40. The molecule has 1 N–H and O–H groups in total. The highest BCUT2D eigenvalue weighted by Gasteiger charge is 2.39. The summed E-state index contributed by atoms with van der Waals surface area (Å²) in [6.07, 6.45) is -10.5. The standard InChI is InChI=1S/C23H14ClF6NO4S/c1-11(21(32)33)12-2-4-17-18-10-15(24)3-5-19(18)31(20(17)6-12)36(34,35)16-8-13(22(25,26)27)7-14(9-16)23(28,29)30/h2-11H,1H3,(H,32,33). The van der Waals surface area contributed by atoms with Gasteiger partial charge in [-0.3, -0.25) is 4.79 Å². The molecule has 0 spiro atoms. The smallest absolute Gasteiger partial charge is 0.416 e. The molecule has 1 unspecified atom stereocenters. The Bertz CT molecular complexity index is 1610. The van der Waals surface area contributed by atoms with E-state index in [9.17, 15) is 44.7 Å². The van der Waals surface area contributed by atoms with Crippen molar-refractivity contribution in [1.29, 1.82) is 0 Å². The van der Waals surface area contributed by atoms with Crippen LogP contribution in [-0.4, -0.2) is 23.5 Å². The van der Waals surface area contributed by atoms with Gasteiger partial charge >= 0.3 is 18.3 Å². The summed E-state index contributed by atoms with van der Waals surface area (Å²) in [4.78, 5) is 10.2. The lowest BCUT2D eigenvalue weighted by Gasteiger charge is -2.16. The van der Waals surface area contributed by atoms with Gasteiger partial charge < -0.3 is 5.11 Å². The van der Waals surface area contributed by atoms with Crippen molar-refractivity contribution >= 4 is 49.4 Å². The third-order valence-electron chi connectivity index (χ3n) is 5.68. The van der Waals surface area contributed by atoms with Crippen molar-refractivity contribution < 1.29 is 44.7 Å². The molecular formula is C23H14ClF6NO4S. The zero-order chi connectivity index (χ0) is 26.8. The predicted octanol–water partition coefficient (Wildman–Crippen LogP) is 6.91. The Morgan fingerprint density at radius 3 is 1.97 bits per heavy atom. The zero-order valence-electron chi connectivity index (χ0n) is 17.9. The van der Waals surface area contributed by atoms with E-state index in [1.807, 2.05) is 0 Å². The summed E-state index contributed by atoms with van der Waals surface area (Å²) in [5.74, 6) is -2.31. The van der Waals surface area contributed by atoms with Gasteiger partial charge in [0.05, 0.1) is 33.0 Å². The van der Waals surface area contributed by atoms with E-state index in [-0.39, 0.29) is 50.6 Å². The molecule has 0 fully saturated rings. The third-order valence-corrected chi connectivity index (χ3v) is 7.62. The monoisotopic (exact) mass is 549 g/mol. The van der Waals surface area contributed by atoms with Crippen LogP contribution in [0.25, 0.3) is 21.8 Å². The molecule has 13 heteroatoms. The van der Waals surface area contributed by atoms with E-state index < -0.39 is 50.3 Å². The molecule has 0 bridgehead atoms. The number of carbonyl (C=O) groups is 1. The largest absolute Gasteiger partial charge is 0.481 e. The molecule has 5 nitrogen and oxygen atoms in total. The van der Waals surface area contributed by atoms with Crippen LogP contribution in [0.1, 0.15) is 29.5 Å². The molecule has 0 aliphatic carbocycles. The van der Waals surface area contributed by atoms with Gasteiger partial charge in [-0.05, 0) is 55.0 Å². The van der Waals surface area contributed by atoms with E-state index in [0.29, 0.717) is 3.97 Å². The number of carboxylic acid groups (broad SMARTS) is 1. The lowest BCUT2D eigenvalue weighted by Crippen LogP contribution is -2.17. The highest BCUT2D eigenvalue weighted by atomic mass is 35.5. The maximum Gasteiger partial charge on any atom is 0.416 e. The van der Waals surface area contributed by atoms with Crippen LogP contribution in [0.2, 0.25) is 5.02 Å². The molecule has 0 aliphatic rings. The van der Waals surface area contributed by atoms with Gasteiger partial charge in [-0.15, -0.1) is 0 Å². The van der Waals surface area contributed by atoms with Crippen LogP contribution in [0.3, 0.4) is 0 Å². The van der Waals surface area contributed by atoms with E-state index in [1.165, 1.54) is 43.3 Å². The van der Waals surface area contributed by atoms with Crippen molar-refractivity contribution in [2.45, 2.75) is 30.1 Å². The Morgan fingerprint density at radius 1 is 0.861 bits per heavy atom. The zero-order valence-corrected chi connectivity index (χ0v) is 19.5. The second-order valence-electron chi connectivity index (χ2n) is 8.01. The fourth-order valence-electron chi connectivity index (χ4n) is 3.83. The predicted molar refractivity (Wildman–Crippen MR) is 120 cm³/mol. The molecule has 190 valence electrons. The Kier molecular flexibility index (Phi) is 6.03. The lowest BCUT2D eigenvalue weighted by atomic mass is 10.00. The maximum atomic E-state index is 13.7. The van der Waals surface area contributed by atoms with Gasteiger partial charge in [0.25, 0.3) is 10.0 Å². The summed E-state index contributed by atoms with van der Waals surface area (Å²) in [5, 5.41) is 10.0. The van der Waals surface area contributed by atoms with E-state index in [2.05, 4.69) is 0 Å². The molecule has 4 rings (SSSR count). The molecule has 3 aromatic carbocycles. The number of alkyl halides is 6. The van der Waals surface area contributed by atoms with E-state index in [0.717, 1.165) is 0 Å². The number of halogens is 7. The van der Waals surface area contributed by atoms with Crippen molar-refractivity contribution in [3.63, 3.8) is 0 Å². The van der Waals surface area contributed by atoms with Crippen molar-refractivity contribution in [1.82, 2.24) is 3.97 Å². The molecule has 0 amide bonds. The van der Waals surface area contributed by atoms with Crippen LogP contribution < -0.4 is 0 Å². The SMILES string of the molecule is CC(C(=O)O)c1ccc2c3cc(Cl)ccc3n(S(=O)(=O)c3cc(C(F)(F)F)cc(C(F)(F)F)c3)c2c1. The van der Waals surface area contributed by atoms with Gasteiger partial charge in [-0.2, -0.15) is 26.3 Å². The first-order valence-corrected chi connectivity index (χ1v) is 11.8. The summed E-state index contributed by atoms with van der Waals surface area (Å²) in [6, 6.07) is 8.11. The molecule has 0 aliphatic heterocycles. The third kappa shape index (κ3) is 4.39. The van der Waals surface area contributed by atoms with Crippen molar-refractivity contribution in [2.75, 3.05) is 0 Å². The minimum Gasteiger partial charge on any atom is -0.481 e. The van der Waals surface area contributed by atoms with Crippen LogP contribution in [0.4, 0.5) is 26.3 Å². The average molecular weight is 550 g/mol. The topological polar surface area (TPSA) is 76.4 Å². The second kappa shape index (κ2) is 8.41. The normalized spacial score (nSPS) is 13.9. The summed E-state index contributed by atoms with van der Waals surface area (Å²) in [7, 11) is -5.06. The first-order valence-electron chi connectivity index (χ1n) is 10.0. The van der Waals surface area contributed by atoms with E-state index in [4.69, 9.17) is 11.6 Å². The van der Waals surface area contributed by atoms with Crippen molar-refractivity contribution in [2.24, 2.45) is 0 Å². The molecule has 0 radical (unpaired) electrons. The number of benzene rings is 3. The van der Waals surface area contributed by atoms with Crippen molar-refractivity contribution in [3.05, 3.63) is 76.3 Å². The molecular weight excluding hydrogens is 536 g/mol. The highest BCUT2D eigenvalue weighted by molar-refractivity contribution is 7.90. The Balaban J connectivity index is 2.12. The van der Waals surface area contributed by atoms with Crippen LogP contribution >= 0.6 is 11.6 Å². The first-order chi connectivity index (χ1) is 16.5. The minimum atomic E-state index is -5.26. The Hall–Kier alpha value is -3.25. The first kappa shape index (κ1) is 25.8. The molecule has 1 atom stereocenters. The van der Waals surface area contributed by atoms with Crippen LogP contribution in [0.15, 0.2) is 59.5 Å². The summed E-state index contributed by atoms with van der Waals surface area (Å²) in [5.41, 5.74) is -3.62.